The molecule has 3 rings (SSSR count). The molecule has 0 bridgehead atoms. The van der Waals surface area contributed by atoms with Gasteiger partial charge in [0.2, 0.25) is 0 Å². The van der Waals surface area contributed by atoms with Crippen molar-refractivity contribution in [3.05, 3.63) is 50.8 Å². The first-order valence-corrected chi connectivity index (χ1v) is 11.7. The molecule has 172 valence electrons. The average Bonchev–Trinajstić information content (AvgIpc) is 3.03. The summed E-state index contributed by atoms with van der Waals surface area (Å²) in [7, 11) is 0. The number of ether oxygens (including phenoxy) is 2. The number of rotatable bonds is 6. The van der Waals surface area contributed by atoms with E-state index in [0.29, 0.717) is 34.0 Å². The lowest BCUT2D eigenvalue weighted by Crippen LogP contribution is -2.32. The third-order valence-electron chi connectivity index (χ3n) is 4.40. The molecule has 0 fully saturated rings. The minimum atomic E-state index is -0.610. The van der Waals surface area contributed by atoms with Gasteiger partial charge in [0.25, 0.3) is 0 Å². The van der Waals surface area contributed by atoms with Gasteiger partial charge in [-0.25, -0.2) is 9.78 Å². The summed E-state index contributed by atoms with van der Waals surface area (Å²) in [6.45, 7) is 10.2. The second-order valence-corrected chi connectivity index (χ2v) is 10.5. The Balaban J connectivity index is 2.16. The van der Waals surface area contributed by atoms with Gasteiger partial charge < -0.3 is 14.8 Å². The number of hydrogen-bond donors (Lipinski definition) is 1. The van der Waals surface area contributed by atoms with E-state index in [4.69, 9.17) is 32.7 Å². The van der Waals surface area contributed by atoms with Crippen molar-refractivity contribution < 1.29 is 14.3 Å². The van der Waals surface area contributed by atoms with Gasteiger partial charge in [0, 0.05) is 32.9 Å². The molecule has 0 radical (unpaired) electrons. The Morgan fingerprint density at radius 1 is 1.25 bits per heavy atom. The van der Waals surface area contributed by atoms with E-state index in [1.807, 2.05) is 37.4 Å². The van der Waals surface area contributed by atoms with Crippen molar-refractivity contribution in [2.24, 2.45) is 5.92 Å². The summed E-state index contributed by atoms with van der Waals surface area (Å²) in [6, 6.07) is 5.31. The van der Waals surface area contributed by atoms with E-state index in [1.165, 1.54) is 0 Å². The van der Waals surface area contributed by atoms with Crippen LogP contribution in [0.25, 0.3) is 16.8 Å². The van der Waals surface area contributed by atoms with Gasteiger partial charge in [0.05, 0.1) is 19.3 Å². The number of nitrogens with one attached hydrogen (secondary N) is 1. The number of aromatic nitrogens is 2. The number of carbonyl (C=O) groups is 1. The zero-order valence-corrected chi connectivity index (χ0v) is 21.7. The zero-order valence-electron chi connectivity index (χ0n) is 18.6. The summed E-state index contributed by atoms with van der Waals surface area (Å²) in [5.74, 6) is 0.867. The maximum absolute atomic E-state index is 12.4. The zero-order chi connectivity index (χ0) is 23.6. The summed E-state index contributed by atoms with van der Waals surface area (Å²) >= 11 is 16.2. The van der Waals surface area contributed by atoms with Gasteiger partial charge in [-0.2, -0.15) is 0 Å². The molecule has 1 N–H and O–H groups in total. The molecular weight excluding hydrogens is 517 g/mol. The Labute approximate surface area is 206 Å². The molecule has 0 aliphatic heterocycles. The van der Waals surface area contributed by atoms with Crippen LogP contribution in [0.3, 0.4) is 0 Å². The summed E-state index contributed by atoms with van der Waals surface area (Å²) in [6.07, 6.45) is 3.09. The largest absolute Gasteiger partial charge is 0.489 e. The second kappa shape index (κ2) is 9.89. The van der Waals surface area contributed by atoms with Crippen molar-refractivity contribution in [3.63, 3.8) is 0 Å². The van der Waals surface area contributed by atoms with Gasteiger partial charge in [-0.15, -0.1) is 0 Å². The number of halogens is 3. The van der Waals surface area contributed by atoms with Crippen molar-refractivity contribution in [1.82, 2.24) is 14.7 Å². The smallest absolute Gasteiger partial charge is 0.407 e. The first-order valence-electron chi connectivity index (χ1n) is 10.2. The Kier molecular flexibility index (Phi) is 7.63. The van der Waals surface area contributed by atoms with Crippen molar-refractivity contribution in [2.75, 3.05) is 6.61 Å². The number of imidazole rings is 1. The first kappa shape index (κ1) is 24.7. The number of alkyl carbamates (subject to hydrolysis) is 1. The second-order valence-electron chi connectivity index (χ2n) is 8.81. The van der Waals surface area contributed by atoms with Crippen LogP contribution in [-0.2, 0) is 11.3 Å². The highest BCUT2D eigenvalue weighted by Crippen LogP contribution is 2.39. The third kappa shape index (κ3) is 5.88. The molecule has 0 aliphatic carbocycles. The Morgan fingerprint density at radius 2 is 1.97 bits per heavy atom. The maximum atomic E-state index is 12.4. The lowest BCUT2D eigenvalue weighted by atomic mass is 10.0. The predicted molar refractivity (Wildman–Crippen MR) is 132 cm³/mol. The fourth-order valence-electron chi connectivity index (χ4n) is 3.09. The highest BCUT2D eigenvalue weighted by molar-refractivity contribution is 9.10. The number of nitrogens with zero attached hydrogens (tertiary/aromatic N) is 2. The molecule has 6 nitrogen and oxygen atoms in total. The molecular formula is C23H26BrCl2N3O3. The number of amides is 1. The summed E-state index contributed by atoms with van der Waals surface area (Å²) in [5, 5.41) is 3.86. The highest BCUT2D eigenvalue weighted by Gasteiger charge is 2.23. The van der Waals surface area contributed by atoms with E-state index in [0.717, 1.165) is 21.3 Å². The molecule has 2 heterocycles. The monoisotopic (exact) mass is 541 g/mol. The Morgan fingerprint density at radius 3 is 2.59 bits per heavy atom. The van der Waals surface area contributed by atoms with Crippen LogP contribution < -0.4 is 10.1 Å². The van der Waals surface area contributed by atoms with Gasteiger partial charge in [-0.3, -0.25) is 4.40 Å². The predicted octanol–water partition coefficient (Wildman–Crippen LogP) is 7.13. The van der Waals surface area contributed by atoms with Crippen LogP contribution in [0.2, 0.25) is 10.0 Å². The van der Waals surface area contributed by atoms with Crippen molar-refractivity contribution in [3.8, 4) is 16.9 Å². The van der Waals surface area contributed by atoms with Gasteiger partial charge in [0.15, 0.2) is 11.4 Å². The Bertz CT molecular complexity index is 1140. The molecule has 9 heteroatoms. The normalized spacial score (nSPS) is 11.8. The lowest BCUT2D eigenvalue weighted by Gasteiger charge is -2.22. The molecule has 0 saturated carbocycles. The molecule has 3 aromatic rings. The van der Waals surface area contributed by atoms with Crippen LogP contribution in [0.1, 0.15) is 40.2 Å². The number of carbonyl (C=O) groups excluding carboxylic acids is 1. The van der Waals surface area contributed by atoms with Crippen LogP contribution in [0, 0.1) is 5.92 Å². The van der Waals surface area contributed by atoms with Crippen LogP contribution in [0.4, 0.5) is 4.79 Å². The number of hydrogen-bond acceptors (Lipinski definition) is 4. The maximum Gasteiger partial charge on any atom is 0.407 e. The highest BCUT2D eigenvalue weighted by atomic mass is 79.9. The molecule has 0 unspecified atom stereocenters. The minimum absolute atomic E-state index is 0.164. The quantitative estimate of drug-likeness (QED) is 0.360. The fourth-order valence-corrected chi connectivity index (χ4v) is 3.97. The Hall–Kier alpha value is -1.96. The lowest BCUT2D eigenvalue weighted by molar-refractivity contribution is 0.0523. The van der Waals surface area contributed by atoms with Crippen LogP contribution >= 0.6 is 39.1 Å². The molecule has 32 heavy (non-hydrogen) atoms. The fraction of sp³-hybridized carbons (Fsp3) is 0.391. The van der Waals surface area contributed by atoms with Crippen LogP contribution in [-0.4, -0.2) is 27.7 Å². The van der Waals surface area contributed by atoms with Crippen LogP contribution in [0.15, 0.2) is 35.2 Å². The first-order chi connectivity index (χ1) is 15.0. The molecule has 1 amide bonds. The number of benzene rings is 1. The van der Waals surface area contributed by atoms with Gasteiger partial charge in [-0.1, -0.05) is 43.1 Å². The van der Waals surface area contributed by atoms with Crippen LogP contribution in [0.5, 0.6) is 5.75 Å². The van der Waals surface area contributed by atoms with E-state index >= 15 is 0 Å². The van der Waals surface area contributed by atoms with E-state index in [1.54, 1.807) is 18.3 Å². The topological polar surface area (TPSA) is 64.9 Å². The standard InChI is InChI=1S/C23H26BrCl2N3O3/c1-13(2)12-31-20-16(9-28-22(30)32-23(3,4)5)17(11-29-19(24)10-27-21(20)29)15-7-6-14(25)8-18(15)26/h6-8,10-11,13H,9,12H2,1-5H3,(H,28,30). The number of pyridine rings is 1. The van der Waals surface area contributed by atoms with E-state index < -0.39 is 11.7 Å². The summed E-state index contributed by atoms with van der Waals surface area (Å²) in [4.78, 5) is 16.9. The van der Waals surface area contributed by atoms with Crippen molar-refractivity contribution in [1.29, 1.82) is 0 Å². The number of fused-ring (bicyclic) bond motifs is 1. The molecule has 0 aliphatic rings. The average molecular weight is 543 g/mol. The van der Waals surface area contributed by atoms with E-state index in [2.05, 4.69) is 40.1 Å². The van der Waals surface area contributed by atoms with Gasteiger partial charge in [-0.05, 0) is 54.8 Å². The molecule has 0 saturated heterocycles. The molecule has 0 spiro atoms. The van der Waals surface area contributed by atoms with Gasteiger partial charge in [0.1, 0.15) is 10.2 Å². The SMILES string of the molecule is CC(C)COc1c(CNC(=O)OC(C)(C)C)c(-c2ccc(Cl)cc2Cl)cn2c(Br)cnc12. The molecule has 0 atom stereocenters. The van der Waals surface area contributed by atoms with Gasteiger partial charge >= 0.3 is 6.09 Å². The molecule has 2 aromatic heterocycles. The minimum Gasteiger partial charge on any atom is -0.489 e. The summed E-state index contributed by atoms with van der Waals surface area (Å²) in [5.41, 5.74) is 2.31. The van der Waals surface area contributed by atoms with E-state index in [9.17, 15) is 4.79 Å². The van der Waals surface area contributed by atoms with Crippen molar-refractivity contribution >= 4 is 50.9 Å². The van der Waals surface area contributed by atoms with Crippen molar-refractivity contribution in [2.45, 2.75) is 46.8 Å². The summed E-state index contributed by atoms with van der Waals surface area (Å²) < 4.78 is 14.3. The van der Waals surface area contributed by atoms with E-state index in [-0.39, 0.29) is 6.54 Å². The third-order valence-corrected chi connectivity index (χ3v) is 5.54. The molecule has 1 aromatic carbocycles.